The number of aromatic carboxylic acids is 1. The van der Waals surface area contributed by atoms with Crippen LogP contribution in [0.2, 0.25) is 5.02 Å². The summed E-state index contributed by atoms with van der Waals surface area (Å²) in [5.41, 5.74) is 0.801. The number of aromatic nitrogens is 1. The number of hydrogen-bond acceptors (Lipinski definition) is 4. The second kappa shape index (κ2) is 5.34. The Morgan fingerprint density at radius 3 is 2.65 bits per heavy atom. The Morgan fingerprint density at radius 1 is 1.35 bits per heavy atom. The number of amides is 1. The topological polar surface area (TPSA) is 92.4 Å². The molecule has 0 spiro atoms. The molecule has 6 nitrogen and oxygen atoms in total. The first-order valence-electron chi connectivity index (χ1n) is 5.67. The molecule has 104 valence electrons. The van der Waals surface area contributed by atoms with Crippen LogP contribution in [0.3, 0.4) is 0 Å². The third-order valence-corrected chi connectivity index (χ3v) is 3.13. The van der Waals surface area contributed by atoms with E-state index in [-0.39, 0.29) is 11.3 Å². The molecule has 0 aliphatic carbocycles. The second-order valence-corrected chi connectivity index (χ2v) is 4.59. The van der Waals surface area contributed by atoms with Crippen molar-refractivity contribution >= 4 is 29.2 Å². The first kappa shape index (κ1) is 14.1. The Balaban J connectivity index is 2.30. The number of benzene rings is 1. The van der Waals surface area contributed by atoms with Gasteiger partial charge in [0, 0.05) is 10.7 Å². The average Bonchev–Trinajstić information content (AvgIpc) is 2.76. The minimum Gasteiger partial charge on any atom is -0.476 e. The van der Waals surface area contributed by atoms with Gasteiger partial charge in [-0.05, 0) is 37.6 Å². The van der Waals surface area contributed by atoms with Crippen LogP contribution in [-0.4, -0.2) is 22.1 Å². The maximum Gasteiger partial charge on any atom is 0.358 e. The molecule has 0 fully saturated rings. The van der Waals surface area contributed by atoms with E-state index < -0.39 is 17.6 Å². The third kappa shape index (κ3) is 2.65. The van der Waals surface area contributed by atoms with E-state index in [2.05, 4.69) is 10.5 Å². The fourth-order valence-electron chi connectivity index (χ4n) is 1.70. The predicted octanol–water partition coefficient (Wildman–Crippen LogP) is 2.90. The highest BCUT2D eigenvalue weighted by Crippen LogP contribution is 2.21. The van der Waals surface area contributed by atoms with Gasteiger partial charge in [0.25, 0.3) is 5.91 Å². The van der Waals surface area contributed by atoms with Crippen LogP contribution in [0.1, 0.15) is 32.2 Å². The van der Waals surface area contributed by atoms with Crippen LogP contribution in [0.15, 0.2) is 22.7 Å². The number of rotatable bonds is 3. The lowest BCUT2D eigenvalue weighted by atomic mass is 10.1. The van der Waals surface area contributed by atoms with E-state index in [4.69, 9.17) is 21.2 Å². The van der Waals surface area contributed by atoms with Gasteiger partial charge in [-0.3, -0.25) is 4.79 Å². The molecule has 0 aliphatic heterocycles. The van der Waals surface area contributed by atoms with Gasteiger partial charge >= 0.3 is 5.97 Å². The van der Waals surface area contributed by atoms with E-state index >= 15 is 0 Å². The molecule has 1 amide bonds. The minimum absolute atomic E-state index is 0.0925. The predicted molar refractivity (Wildman–Crippen MR) is 72.3 cm³/mol. The standard InChI is InChI=1S/C13H11ClN2O4/c1-6-5-8(3-4-9(6)14)15-12(17)10-7(2)20-16-11(10)13(18)19/h3-5H,1-2H3,(H,15,17)(H,18,19). The molecule has 2 N–H and O–H groups in total. The van der Waals surface area contributed by atoms with Crippen LogP contribution in [0.5, 0.6) is 0 Å². The van der Waals surface area contributed by atoms with Crippen molar-refractivity contribution in [2.75, 3.05) is 5.32 Å². The fourth-order valence-corrected chi connectivity index (χ4v) is 1.82. The number of carboxylic acid groups (broad SMARTS) is 1. The largest absolute Gasteiger partial charge is 0.476 e. The van der Waals surface area contributed by atoms with Crippen molar-refractivity contribution in [1.82, 2.24) is 5.16 Å². The second-order valence-electron chi connectivity index (χ2n) is 4.19. The molecule has 0 bridgehead atoms. The van der Waals surface area contributed by atoms with Gasteiger partial charge in [0.2, 0.25) is 5.69 Å². The molecule has 0 saturated heterocycles. The van der Waals surface area contributed by atoms with Gasteiger partial charge in [0.05, 0.1) is 0 Å². The number of anilines is 1. The van der Waals surface area contributed by atoms with Gasteiger partial charge in [-0.25, -0.2) is 4.79 Å². The number of aryl methyl sites for hydroxylation is 2. The minimum atomic E-state index is -1.32. The molecule has 0 unspecified atom stereocenters. The molecule has 7 heteroatoms. The monoisotopic (exact) mass is 294 g/mol. The van der Waals surface area contributed by atoms with Crippen molar-refractivity contribution in [3.05, 3.63) is 45.8 Å². The SMILES string of the molecule is Cc1cc(NC(=O)c2c(C(=O)O)noc2C)ccc1Cl. The zero-order valence-electron chi connectivity index (χ0n) is 10.7. The number of halogens is 1. The number of carboxylic acids is 1. The summed E-state index contributed by atoms with van der Waals surface area (Å²) in [7, 11) is 0. The maximum absolute atomic E-state index is 12.1. The first-order chi connectivity index (χ1) is 9.40. The molecule has 2 aromatic rings. The normalized spacial score (nSPS) is 10.3. The highest BCUT2D eigenvalue weighted by molar-refractivity contribution is 6.31. The smallest absolute Gasteiger partial charge is 0.358 e. The van der Waals surface area contributed by atoms with Crippen LogP contribution < -0.4 is 5.32 Å². The summed E-state index contributed by atoms with van der Waals surface area (Å²) in [5, 5.41) is 15.5. The summed E-state index contributed by atoms with van der Waals surface area (Å²) >= 11 is 5.89. The Labute approximate surface area is 119 Å². The van der Waals surface area contributed by atoms with Crippen LogP contribution in [0.4, 0.5) is 5.69 Å². The Hall–Kier alpha value is -2.34. The molecule has 1 aromatic carbocycles. The van der Waals surface area contributed by atoms with Gasteiger partial charge in [-0.15, -0.1) is 0 Å². The third-order valence-electron chi connectivity index (χ3n) is 2.71. The van der Waals surface area contributed by atoms with Gasteiger partial charge in [-0.2, -0.15) is 0 Å². The molecular weight excluding hydrogens is 284 g/mol. The van der Waals surface area contributed by atoms with Crippen molar-refractivity contribution in [2.45, 2.75) is 13.8 Å². The molecule has 2 rings (SSSR count). The van der Waals surface area contributed by atoms with E-state index in [1.807, 2.05) is 0 Å². The van der Waals surface area contributed by atoms with E-state index in [0.29, 0.717) is 10.7 Å². The van der Waals surface area contributed by atoms with Gasteiger partial charge < -0.3 is 14.9 Å². The van der Waals surface area contributed by atoms with Crippen LogP contribution >= 0.6 is 11.6 Å². The average molecular weight is 295 g/mol. The zero-order valence-corrected chi connectivity index (χ0v) is 11.5. The van der Waals surface area contributed by atoms with Crippen LogP contribution in [0.25, 0.3) is 0 Å². The van der Waals surface area contributed by atoms with E-state index in [0.717, 1.165) is 5.56 Å². The van der Waals surface area contributed by atoms with Crippen molar-refractivity contribution < 1.29 is 19.2 Å². The van der Waals surface area contributed by atoms with Crippen LogP contribution in [-0.2, 0) is 0 Å². The number of nitrogens with zero attached hydrogens (tertiary/aromatic N) is 1. The molecule has 20 heavy (non-hydrogen) atoms. The molecule has 0 saturated carbocycles. The first-order valence-corrected chi connectivity index (χ1v) is 6.05. The lowest BCUT2D eigenvalue weighted by Crippen LogP contribution is -2.16. The highest BCUT2D eigenvalue weighted by Gasteiger charge is 2.25. The summed E-state index contributed by atoms with van der Waals surface area (Å²) < 4.78 is 4.75. The number of carbonyl (C=O) groups is 2. The summed E-state index contributed by atoms with van der Waals surface area (Å²) in [6, 6.07) is 4.95. The lowest BCUT2D eigenvalue weighted by Gasteiger charge is -2.06. The summed E-state index contributed by atoms with van der Waals surface area (Å²) in [4.78, 5) is 23.1. The number of carbonyl (C=O) groups excluding carboxylic acids is 1. The van der Waals surface area contributed by atoms with E-state index in [1.165, 1.54) is 6.92 Å². The van der Waals surface area contributed by atoms with Gasteiger partial charge in [0.15, 0.2) is 0 Å². The van der Waals surface area contributed by atoms with Crippen molar-refractivity contribution in [3.8, 4) is 0 Å². The van der Waals surface area contributed by atoms with Gasteiger partial charge in [0.1, 0.15) is 11.3 Å². The maximum atomic E-state index is 12.1. The molecule has 0 aliphatic rings. The Morgan fingerprint density at radius 2 is 2.05 bits per heavy atom. The summed E-state index contributed by atoms with van der Waals surface area (Å²) in [6.45, 7) is 3.27. The Bertz CT molecular complexity index is 694. The van der Waals surface area contributed by atoms with E-state index in [1.54, 1.807) is 25.1 Å². The summed E-state index contributed by atoms with van der Waals surface area (Å²) in [6.07, 6.45) is 0. The number of nitrogens with one attached hydrogen (secondary N) is 1. The lowest BCUT2D eigenvalue weighted by molar-refractivity contribution is 0.0682. The quantitative estimate of drug-likeness (QED) is 0.908. The molecular formula is C13H11ClN2O4. The molecule has 1 aromatic heterocycles. The highest BCUT2D eigenvalue weighted by atomic mass is 35.5. The van der Waals surface area contributed by atoms with Crippen molar-refractivity contribution in [1.29, 1.82) is 0 Å². The Kier molecular flexibility index (Phi) is 3.76. The molecule has 0 atom stereocenters. The van der Waals surface area contributed by atoms with Crippen molar-refractivity contribution in [3.63, 3.8) is 0 Å². The number of hydrogen-bond donors (Lipinski definition) is 2. The van der Waals surface area contributed by atoms with Crippen LogP contribution in [0, 0.1) is 13.8 Å². The van der Waals surface area contributed by atoms with Crippen molar-refractivity contribution in [2.24, 2.45) is 0 Å². The summed E-state index contributed by atoms with van der Waals surface area (Å²) in [5.74, 6) is -1.77. The van der Waals surface area contributed by atoms with Gasteiger partial charge in [-0.1, -0.05) is 16.8 Å². The molecule has 0 radical (unpaired) electrons. The fraction of sp³-hybridized carbons (Fsp3) is 0.154. The van der Waals surface area contributed by atoms with E-state index in [9.17, 15) is 9.59 Å². The molecule has 1 heterocycles. The zero-order chi connectivity index (χ0) is 14.9.